The molecule has 1 N–H and O–H groups in total. The van der Waals surface area contributed by atoms with Gasteiger partial charge in [0.25, 0.3) is 0 Å². The van der Waals surface area contributed by atoms with E-state index in [0.717, 1.165) is 11.3 Å². The molecule has 82 valence electrons. The highest BCUT2D eigenvalue weighted by Crippen LogP contribution is 2.12. The van der Waals surface area contributed by atoms with Gasteiger partial charge in [0.05, 0.1) is 13.0 Å². The minimum atomic E-state index is 0.0325. The molecule has 3 heteroatoms. The molecule has 0 bridgehead atoms. The van der Waals surface area contributed by atoms with E-state index in [1.165, 1.54) is 0 Å². The number of benzene rings is 1. The average Bonchev–Trinajstić information content (AvgIpc) is 2.18. The smallest absolute Gasteiger partial charge is 0.223 e. The van der Waals surface area contributed by atoms with Crippen LogP contribution in [0.4, 0.5) is 0 Å². The number of nitrogens with one attached hydrogen (secondary N) is 1. The number of carbonyl (C=O) groups excluding carboxylic acids is 1. The Bertz CT molecular complexity index is 323. The fourth-order valence-electron chi connectivity index (χ4n) is 1.25. The maximum absolute atomic E-state index is 11.1. The van der Waals surface area contributed by atoms with Gasteiger partial charge >= 0.3 is 0 Å². The second kappa shape index (κ2) is 6.06. The predicted octanol–water partition coefficient (Wildman–Crippen LogP) is 1.90. The Balaban J connectivity index is 2.28. The summed E-state index contributed by atoms with van der Waals surface area (Å²) >= 11 is 0. The van der Waals surface area contributed by atoms with Crippen molar-refractivity contribution in [1.29, 1.82) is 0 Å². The summed E-state index contributed by atoms with van der Waals surface area (Å²) in [5, 5.41) is 2.72. The predicted molar refractivity (Wildman–Crippen MR) is 60.0 cm³/mol. The van der Waals surface area contributed by atoms with Gasteiger partial charge in [-0.3, -0.25) is 4.79 Å². The van der Waals surface area contributed by atoms with Crippen molar-refractivity contribution >= 4 is 5.91 Å². The summed E-state index contributed by atoms with van der Waals surface area (Å²) in [6.45, 7) is 5.01. The van der Waals surface area contributed by atoms with Crippen LogP contribution in [0.25, 0.3) is 0 Å². The van der Waals surface area contributed by atoms with Crippen LogP contribution in [-0.4, -0.2) is 19.1 Å². The van der Waals surface area contributed by atoms with Gasteiger partial charge in [-0.05, 0) is 31.5 Å². The van der Waals surface area contributed by atoms with Gasteiger partial charge in [0, 0.05) is 6.54 Å². The zero-order valence-electron chi connectivity index (χ0n) is 9.25. The lowest BCUT2D eigenvalue weighted by Gasteiger charge is -2.06. The molecule has 0 fully saturated rings. The van der Waals surface area contributed by atoms with Crippen LogP contribution >= 0.6 is 0 Å². The van der Waals surface area contributed by atoms with Crippen molar-refractivity contribution in [2.45, 2.75) is 20.3 Å². The molecular weight excluding hydrogens is 190 g/mol. The summed E-state index contributed by atoms with van der Waals surface area (Å²) in [7, 11) is 0. The van der Waals surface area contributed by atoms with Gasteiger partial charge in [-0.1, -0.05) is 12.1 Å². The molecule has 0 aliphatic carbocycles. The molecule has 0 saturated heterocycles. The Hall–Kier alpha value is -1.51. The van der Waals surface area contributed by atoms with Gasteiger partial charge in [0.1, 0.15) is 5.75 Å². The van der Waals surface area contributed by atoms with Crippen LogP contribution < -0.4 is 10.1 Å². The van der Waals surface area contributed by atoms with Gasteiger partial charge in [-0.25, -0.2) is 0 Å². The van der Waals surface area contributed by atoms with Gasteiger partial charge in [0.15, 0.2) is 0 Å². The van der Waals surface area contributed by atoms with E-state index >= 15 is 0 Å². The van der Waals surface area contributed by atoms with Crippen molar-refractivity contribution in [1.82, 2.24) is 5.32 Å². The van der Waals surface area contributed by atoms with Crippen molar-refractivity contribution in [3.05, 3.63) is 29.8 Å². The number of ether oxygens (including phenoxy) is 1. The molecule has 0 radical (unpaired) electrons. The van der Waals surface area contributed by atoms with E-state index in [4.69, 9.17) is 4.74 Å². The molecule has 0 saturated carbocycles. The van der Waals surface area contributed by atoms with Crippen LogP contribution in [0.1, 0.15) is 18.9 Å². The van der Waals surface area contributed by atoms with E-state index < -0.39 is 0 Å². The first-order valence-corrected chi connectivity index (χ1v) is 5.18. The Labute approximate surface area is 90.4 Å². The van der Waals surface area contributed by atoms with Crippen molar-refractivity contribution in [3.8, 4) is 5.75 Å². The van der Waals surface area contributed by atoms with Crippen molar-refractivity contribution < 1.29 is 9.53 Å². The van der Waals surface area contributed by atoms with Crippen LogP contribution in [0, 0.1) is 6.92 Å². The van der Waals surface area contributed by atoms with E-state index in [2.05, 4.69) is 5.32 Å². The second-order valence-corrected chi connectivity index (χ2v) is 3.37. The van der Waals surface area contributed by atoms with Gasteiger partial charge in [0.2, 0.25) is 5.91 Å². The highest BCUT2D eigenvalue weighted by Gasteiger charge is 1.99. The molecule has 0 aliphatic heterocycles. The monoisotopic (exact) mass is 207 g/mol. The largest absolute Gasteiger partial charge is 0.493 e. The van der Waals surface area contributed by atoms with Crippen LogP contribution in [0.5, 0.6) is 5.75 Å². The minimum Gasteiger partial charge on any atom is -0.493 e. The fourth-order valence-corrected chi connectivity index (χ4v) is 1.25. The van der Waals surface area contributed by atoms with Gasteiger partial charge < -0.3 is 10.1 Å². The normalized spacial score (nSPS) is 9.73. The molecule has 0 unspecified atom stereocenters. The van der Waals surface area contributed by atoms with Crippen molar-refractivity contribution in [3.63, 3.8) is 0 Å². The third kappa shape index (κ3) is 4.49. The summed E-state index contributed by atoms with van der Waals surface area (Å²) in [5.74, 6) is 0.851. The number of aryl methyl sites for hydroxylation is 1. The third-order valence-electron chi connectivity index (χ3n) is 1.96. The second-order valence-electron chi connectivity index (χ2n) is 3.37. The summed E-state index contributed by atoms with van der Waals surface area (Å²) in [4.78, 5) is 11.1. The first-order chi connectivity index (χ1) is 7.22. The number of rotatable bonds is 5. The van der Waals surface area contributed by atoms with Gasteiger partial charge in [-0.2, -0.15) is 0 Å². The highest BCUT2D eigenvalue weighted by molar-refractivity contribution is 5.75. The standard InChI is InChI=1S/C12H17NO2/c1-3-13-12(14)7-8-15-11-6-4-5-10(2)9-11/h4-6,9H,3,7-8H2,1-2H3,(H,13,14). The fraction of sp³-hybridized carbons (Fsp3) is 0.417. The van der Waals surface area contributed by atoms with Crippen LogP contribution in [0.3, 0.4) is 0 Å². The lowest BCUT2D eigenvalue weighted by molar-refractivity contribution is -0.121. The molecule has 3 nitrogen and oxygen atoms in total. The van der Waals surface area contributed by atoms with E-state index in [9.17, 15) is 4.79 Å². The summed E-state index contributed by atoms with van der Waals surface area (Å²) in [6, 6.07) is 7.80. The maximum atomic E-state index is 11.1. The quantitative estimate of drug-likeness (QED) is 0.800. The van der Waals surface area contributed by atoms with Gasteiger partial charge in [-0.15, -0.1) is 0 Å². The molecule has 1 amide bonds. The lowest BCUT2D eigenvalue weighted by atomic mass is 10.2. The third-order valence-corrected chi connectivity index (χ3v) is 1.96. The molecule has 0 aliphatic rings. The molecule has 0 aromatic heterocycles. The van der Waals surface area contributed by atoms with Crippen LogP contribution in [-0.2, 0) is 4.79 Å². The number of hydrogen-bond acceptors (Lipinski definition) is 2. The zero-order valence-corrected chi connectivity index (χ0v) is 9.25. The van der Waals surface area contributed by atoms with E-state index in [0.29, 0.717) is 19.6 Å². The SMILES string of the molecule is CCNC(=O)CCOc1cccc(C)c1. The van der Waals surface area contributed by atoms with Crippen molar-refractivity contribution in [2.75, 3.05) is 13.2 Å². The molecule has 0 heterocycles. The Kier molecular flexibility index (Phi) is 4.68. The van der Waals surface area contributed by atoms with Crippen LogP contribution in [0.2, 0.25) is 0 Å². The van der Waals surface area contributed by atoms with E-state index in [-0.39, 0.29) is 5.91 Å². The number of carbonyl (C=O) groups is 1. The Morgan fingerprint density at radius 1 is 1.47 bits per heavy atom. The highest BCUT2D eigenvalue weighted by atomic mass is 16.5. The van der Waals surface area contributed by atoms with E-state index in [1.54, 1.807) is 0 Å². The molecular formula is C12H17NO2. The molecule has 0 spiro atoms. The Morgan fingerprint density at radius 3 is 2.93 bits per heavy atom. The van der Waals surface area contributed by atoms with E-state index in [1.807, 2.05) is 38.1 Å². The molecule has 1 rings (SSSR count). The average molecular weight is 207 g/mol. The minimum absolute atomic E-state index is 0.0325. The zero-order chi connectivity index (χ0) is 11.1. The summed E-state index contributed by atoms with van der Waals surface area (Å²) in [6.07, 6.45) is 0.405. The van der Waals surface area contributed by atoms with Crippen LogP contribution in [0.15, 0.2) is 24.3 Å². The number of amides is 1. The topological polar surface area (TPSA) is 38.3 Å². The molecule has 1 aromatic rings. The summed E-state index contributed by atoms with van der Waals surface area (Å²) < 4.78 is 5.44. The first kappa shape index (κ1) is 11.6. The molecule has 15 heavy (non-hydrogen) atoms. The molecule has 0 atom stereocenters. The number of hydrogen-bond donors (Lipinski definition) is 1. The first-order valence-electron chi connectivity index (χ1n) is 5.18. The summed E-state index contributed by atoms with van der Waals surface area (Å²) in [5.41, 5.74) is 1.16. The Morgan fingerprint density at radius 2 is 2.27 bits per heavy atom. The lowest BCUT2D eigenvalue weighted by Crippen LogP contribution is -2.24. The van der Waals surface area contributed by atoms with Crippen molar-refractivity contribution in [2.24, 2.45) is 0 Å². The molecule has 1 aromatic carbocycles. The maximum Gasteiger partial charge on any atom is 0.223 e.